The van der Waals surface area contributed by atoms with Crippen molar-refractivity contribution < 1.29 is 14.3 Å². The number of hydrogen-bond donors (Lipinski definition) is 1. The summed E-state index contributed by atoms with van der Waals surface area (Å²) in [7, 11) is 0. The third kappa shape index (κ3) is 8.46. The average molecular weight is 566 g/mol. The molecule has 0 saturated heterocycles. The van der Waals surface area contributed by atoms with Crippen LogP contribution in [0.3, 0.4) is 0 Å². The van der Waals surface area contributed by atoms with Gasteiger partial charge in [-0.2, -0.15) is 0 Å². The highest BCUT2D eigenvalue weighted by Gasteiger charge is 2.30. The number of nitrogens with zero attached hydrogens (tertiary/aromatic N) is 1. The van der Waals surface area contributed by atoms with Gasteiger partial charge in [-0.25, -0.2) is 0 Å². The lowest BCUT2D eigenvalue weighted by molar-refractivity contribution is -0.142. The topological polar surface area (TPSA) is 58.6 Å². The van der Waals surface area contributed by atoms with E-state index in [9.17, 15) is 9.59 Å². The van der Waals surface area contributed by atoms with Crippen LogP contribution in [0.2, 0.25) is 0 Å². The van der Waals surface area contributed by atoms with Gasteiger partial charge in [-0.05, 0) is 61.6 Å². The van der Waals surface area contributed by atoms with E-state index in [2.05, 4.69) is 28.2 Å². The molecule has 3 aromatic rings. The molecule has 2 amide bonds. The Bertz CT molecular complexity index is 1160. The first-order valence-electron chi connectivity index (χ1n) is 12.8. The van der Waals surface area contributed by atoms with Crippen LogP contribution in [0, 0.1) is 20.8 Å². The van der Waals surface area contributed by atoms with Gasteiger partial charge in [-0.3, -0.25) is 9.59 Å². The van der Waals surface area contributed by atoms with E-state index in [1.54, 1.807) is 4.90 Å². The van der Waals surface area contributed by atoms with E-state index in [1.165, 1.54) is 0 Å². The molecule has 0 aromatic heterocycles. The first-order chi connectivity index (χ1) is 17.8. The monoisotopic (exact) mass is 564 g/mol. The molecular weight excluding hydrogens is 528 g/mol. The number of amides is 2. The van der Waals surface area contributed by atoms with Crippen molar-refractivity contribution in [1.29, 1.82) is 0 Å². The smallest absolute Gasteiger partial charge is 0.261 e. The third-order valence-electron chi connectivity index (χ3n) is 6.35. The molecule has 0 aliphatic carbocycles. The van der Waals surface area contributed by atoms with E-state index in [-0.39, 0.29) is 18.4 Å². The zero-order valence-electron chi connectivity index (χ0n) is 22.2. The summed E-state index contributed by atoms with van der Waals surface area (Å²) in [5, 5.41) is 3.05. The van der Waals surface area contributed by atoms with E-state index >= 15 is 0 Å². The second kappa shape index (κ2) is 14.0. The molecule has 1 N–H and O–H groups in total. The molecule has 6 heteroatoms. The molecule has 196 valence electrons. The molecule has 0 bridgehead atoms. The van der Waals surface area contributed by atoms with Crippen molar-refractivity contribution in [1.82, 2.24) is 10.2 Å². The molecule has 0 unspecified atom stereocenters. The fourth-order valence-electron chi connectivity index (χ4n) is 4.17. The third-order valence-corrected chi connectivity index (χ3v) is 7.60. The highest BCUT2D eigenvalue weighted by atomic mass is 79.9. The molecule has 0 aliphatic heterocycles. The fourth-order valence-corrected chi connectivity index (χ4v) is 4.40. The van der Waals surface area contributed by atoms with Gasteiger partial charge < -0.3 is 15.0 Å². The first-order valence-corrected chi connectivity index (χ1v) is 13.6. The molecule has 1 atom stereocenters. The van der Waals surface area contributed by atoms with Gasteiger partial charge in [0, 0.05) is 24.0 Å². The van der Waals surface area contributed by atoms with Crippen LogP contribution < -0.4 is 10.1 Å². The number of nitrogens with one attached hydrogen (secondary N) is 1. The van der Waals surface area contributed by atoms with Crippen molar-refractivity contribution in [3.05, 3.63) is 99.0 Å². The van der Waals surface area contributed by atoms with Crippen LogP contribution in [0.15, 0.2) is 71.2 Å². The number of ether oxygens (including phenoxy) is 1. The summed E-state index contributed by atoms with van der Waals surface area (Å²) in [4.78, 5) is 28.8. The Morgan fingerprint density at radius 1 is 0.946 bits per heavy atom. The zero-order chi connectivity index (χ0) is 26.8. The summed E-state index contributed by atoms with van der Waals surface area (Å²) in [6.45, 7) is 8.85. The van der Waals surface area contributed by atoms with Crippen molar-refractivity contribution in [2.24, 2.45) is 0 Å². The van der Waals surface area contributed by atoms with Crippen molar-refractivity contribution in [2.45, 2.75) is 59.5 Å². The highest BCUT2D eigenvalue weighted by molar-refractivity contribution is 9.10. The maximum Gasteiger partial charge on any atom is 0.261 e. The summed E-state index contributed by atoms with van der Waals surface area (Å²) in [6.07, 6.45) is 2.30. The van der Waals surface area contributed by atoms with Crippen molar-refractivity contribution in [3.8, 4) is 5.75 Å². The van der Waals surface area contributed by atoms with Crippen LogP contribution in [-0.4, -0.2) is 35.9 Å². The van der Waals surface area contributed by atoms with Gasteiger partial charge in [0.1, 0.15) is 11.8 Å². The summed E-state index contributed by atoms with van der Waals surface area (Å²) in [5.74, 6) is 0.257. The second-order valence-electron chi connectivity index (χ2n) is 9.52. The lowest BCUT2D eigenvalue weighted by Gasteiger charge is -2.31. The van der Waals surface area contributed by atoms with Crippen LogP contribution in [0.4, 0.5) is 0 Å². The molecule has 0 aliphatic rings. The second-order valence-corrected chi connectivity index (χ2v) is 10.3. The Morgan fingerprint density at radius 3 is 2.22 bits per heavy atom. The highest BCUT2D eigenvalue weighted by Crippen LogP contribution is 2.26. The lowest BCUT2D eigenvalue weighted by atomic mass is 10.0. The number of benzene rings is 3. The average Bonchev–Trinajstić information content (AvgIpc) is 2.89. The molecule has 0 radical (unpaired) electrons. The van der Waals surface area contributed by atoms with Crippen molar-refractivity contribution in [3.63, 3.8) is 0 Å². The lowest BCUT2D eigenvalue weighted by Crippen LogP contribution is -2.51. The van der Waals surface area contributed by atoms with Gasteiger partial charge in [0.15, 0.2) is 6.61 Å². The van der Waals surface area contributed by atoms with Gasteiger partial charge in [0.25, 0.3) is 5.91 Å². The summed E-state index contributed by atoms with van der Waals surface area (Å²) in [6, 6.07) is 21.1. The van der Waals surface area contributed by atoms with Gasteiger partial charge in [-0.15, -0.1) is 0 Å². The number of hydrogen-bond acceptors (Lipinski definition) is 3. The largest absolute Gasteiger partial charge is 0.484 e. The van der Waals surface area contributed by atoms with Crippen molar-refractivity contribution in [2.75, 3.05) is 13.2 Å². The van der Waals surface area contributed by atoms with E-state index in [0.717, 1.165) is 45.1 Å². The van der Waals surface area contributed by atoms with Crippen LogP contribution in [0.5, 0.6) is 5.75 Å². The van der Waals surface area contributed by atoms with Gasteiger partial charge in [0.05, 0.1) is 0 Å². The Balaban J connectivity index is 1.89. The van der Waals surface area contributed by atoms with Crippen LogP contribution in [-0.2, 0) is 22.6 Å². The van der Waals surface area contributed by atoms with Gasteiger partial charge in [-0.1, -0.05) is 89.4 Å². The SMILES string of the molecule is CCCCNC(=O)[C@H](Cc1ccccc1)N(Cc1ccc(C)cc1)C(=O)COc1cc(C)c(Br)c(C)c1. The first kappa shape index (κ1) is 28.5. The fraction of sp³-hybridized carbons (Fsp3) is 0.355. The predicted octanol–water partition coefficient (Wildman–Crippen LogP) is 6.31. The molecule has 5 nitrogen and oxygen atoms in total. The van der Waals surface area contributed by atoms with E-state index < -0.39 is 6.04 Å². The normalized spacial score (nSPS) is 11.6. The molecule has 0 heterocycles. The minimum Gasteiger partial charge on any atom is -0.484 e. The minimum atomic E-state index is -0.662. The number of carbonyl (C=O) groups is 2. The van der Waals surface area contributed by atoms with Crippen molar-refractivity contribution >= 4 is 27.7 Å². The van der Waals surface area contributed by atoms with E-state index in [4.69, 9.17) is 4.74 Å². The Labute approximate surface area is 229 Å². The molecule has 3 aromatic carbocycles. The summed E-state index contributed by atoms with van der Waals surface area (Å²) in [5.41, 5.74) is 5.19. The van der Waals surface area contributed by atoms with E-state index in [1.807, 2.05) is 87.5 Å². The van der Waals surface area contributed by atoms with Crippen LogP contribution >= 0.6 is 15.9 Å². The quantitative estimate of drug-likeness (QED) is 0.262. The molecule has 3 rings (SSSR count). The number of carbonyl (C=O) groups excluding carboxylic acids is 2. The standard InChI is InChI=1S/C31H37BrN2O3/c1-5-6-16-33-31(36)28(19-25-10-8-7-9-11-25)34(20-26-14-12-22(2)13-15-26)29(35)21-37-27-17-23(3)30(32)24(4)18-27/h7-15,17-18,28H,5-6,16,19-21H2,1-4H3,(H,33,36)/t28-/m0/s1. The van der Waals surface area contributed by atoms with Gasteiger partial charge >= 0.3 is 0 Å². The molecule has 0 saturated carbocycles. The Hall–Kier alpha value is -3.12. The number of rotatable bonds is 12. The maximum absolute atomic E-state index is 13.7. The predicted molar refractivity (Wildman–Crippen MR) is 153 cm³/mol. The molecule has 0 spiro atoms. The Morgan fingerprint density at radius 2 is 1.59 bits per heavy atom. The molecule has 37 heavy (non-hydrogen) atoms. The Kier molecular flexibility index (Phi) is 10.8. The van der Waals surface area contributed by atoms with Crippen LogP contribution in [0.25, 0.3) is 0 Å². The summed E-state index contributed by atoms with van der Waals surface area (Å²) < 4.78 is 6.98. The number of aryl methyl sites for hydroxylation is 3. The molecule has 0 fully saturated rings. The minimum absolute atomic E-state index is 0.145. The number of halogens is 1. The van der Waals surface area contributed by atoms with E-state index in [0.29, 0.717) is 25.3 Å². The zero-order valence-corrected chi connectivity index (χ0v) is 23.8. The summed E-state index contributed by atoms with van der Waals surface area (Å²) >= 11 is 3.58. The van der Waals surface area contributed by atoms with Crippen LogP contribution in [0.1, 0.15) is 47.6 Å². The van der Waals surface area contributed by atoms with Gasteiger partial charge in [0.2, 0.25) is 5.91 Å². The molecular formula is C31H37BrN2O3. The maximum atomic E-state index is 13.7. The number of unbranched alkanes of at least 4 members (excludes halogenated alkanes) is 1.